The summed E-state index contributed by atoms with van der Waals surface area (Å²) in [5, 5.41) is 5.79. The number of carbonyl (C=O) groups excluding carboxylic acids is 1. The van der Waals surface area contributed by atoms with Crippen LogP contribution in [0.2, 0.25) is 0 Å². The lowest BCUT2D eigenvalue weighted by Crippen LogP contribution is -2.46. The van der Waals surface area contributed by atoms with E-state index in [0.29, 0.717) is 5.69 Å². The van der Waals surface area contributed by atoms with Gasteiger partial charge in [0, 0.05) is 38.4 Å². The molecule has 7 nitrogen and oxygen atoms in total. The summed E-state index contributed by atoms with van der Waals surface area (Å²) in [6.45, 7) is 8.55. The van der Waals surface area contributed by atoms with Crippen molar-refractivity contribution in [3.05, 3.63) is 108 Å². The topological polar surface area (TPSA) is 69.7 Å². The van der Waals surface area contributed by atoms with Gasteiger partial charge in [-0.25, -0.2) is 9.78 Å². The zero-order valence-corrected chi connectivity index (χ0v) is 21.9. The van der Waals surface area contributed by atoms with E-state index in [-0.39, 0.29) is 6.03 Å². The van der Waals surface area contributed by atoms with Crippen LogP contribution in [-0.2, 0) is 6.54 Å². The fourth-order valence-corrected chi connectivity index (χ4v) is 4.53. The number of rotatable bonds is 7. The van der Waals surface area contributed by atoms with E-state index in [2.05, 4.69) is 37.6 Å². The van der Waals surface area contributed by atoms with Crippen LogP contribution in [0.3, 0.4) is 0 Å². The second-order valence-corrected chi connectivity index (χ2v) is 9.63. The Kier molecular flexibility index (Phi) is 7.85. The van der Waals surface area contributed by atoms with Crippen LogP contribution in [0.1, 0.15) is 16.7 Å². The second-order valence-electron chi connectivity index (χ2n) is 9.63. The number of nitrogens with one attached hydrogen (secondary N) is 2. The van der Waals surface area contributed by atoms with E-state index in [4.69, 9.17) is 4.74 Å². The number of amides is 2. The van der Waals surface area contributed by atoms with Crippen LogP contribution >= 0.6 is 0 Å². The number of ether oxygens (including phenoxy) is 1. The summed E-state index contributed by atoms with van der Waals surface area (Å²) in [7, 11) is 0. The van der Waals surface area contributed by atoms with E-state index >= 15 is 0 Å². The van der Waals surface area contributed by atoms with E-state index in [9.17, 15) is 4.79 Å². The molecule has 3 aromatic carbocycles. The summed E-state index contributed by atoms with van der Waals surface area (Å²) in [5.74, 6) is 2.62. The predicted octanol–water partition coefficient (Wildman–Crippen LogP) is 6.46. The molecule has 194 valence electrons. The molecule has 2 heterocycles. The maximum atomic E-state index is 12.5. The largest absolute Gasteiger partial charge is 0.457 e. The SMILES string of the molecule is Cc1ccc(C)c(NC(=O)Nc2ccc(N3CCN(Cc4cccc(Oc5ccccc5)c4)CC3)nc2)c1. The number of hydrogen-bond donors (Lipinski definition) is 2. The highest BCUT2D eigenvalue weighted by Crippen LogP contribution is 2.23. The van der Waals surface area contributed by atoms with Crippen molar-refractivity contribution in [2.75, 3.05) is 41.7 Å². The Hall–Kier alpha value is -4.36. The summed E-state index contributed by atoms with van der Waals surface area (Å²) in [5.41, 5.74) is 4.82. The minimum absolute atomic E-state index is 0.278. The van der Waals surface area contributed by atoms with Crippen molar-refractivity contribution in [2.45, 2.75) is 20.4 Å². The molecule has 2 N–H and O–H groups in total. The van der Waals surface area contributed by atoms with E-state index in [1.807, 2.05) is 86.6 Å². The molecule has 0 radical (unpaired) electrons. The molecule has 2 amide bonds. The first-order chi connectivity index (χ1) is 18.5. The van der Waals surface area contributed by atoms with Gasteiger partial charge in [-0.2, -0.15) is 0 Å². The van der Waals surface area contributed by atoms with Crippen LogP contribution in [0.5, 0.6) is 11.5 Å². The first-order valence-corrected chi connectivity index (χ1v) is 12.9. The van der Waals surface area contributed by atoms with Crippen LogP contribution in [0.4, 0.5) is 22.0 Å². The minimum Gasteiger partial charge on any atom is -0.457 e. The molecule has 0 unspecified atom stereocenters. The molecule has 1 aliphatic rings. The Bertz CT molecular complexity index is 1370. The highest BCUT2D eigenvalue weighted by Gasteiger charge is 2.18. The summed E-state index contributed by atoms with van der Waals surface area (Å²) >= 11 is 0. The van der Waals surface area contributed by atoms with Crippen molar-refractivity contribution >= 4 is 23.2 Å². The molecule has 0 atom stereocenters. The van der Waals surface area contributed by atoms with Gasteiger partial charge in [-0.15, -0.1) is 0 Å². The average Bonchev–Trinajstić information content (AvgIpc) is 2.92. The third-order valence-corrected chi connectivity index (χ3v) is 6.63. The van der Waals surface area contributed by atoms with Gasteiger partial charge in [-0.3, -0.25) is 4.90 Å². The number of aromatic nitrogens is 1. The number of para-hydroxylation sites is 1. The normalized spacial score (nSPS) is 13.7. The van der Waals surface area contributed by atoms with Gasteiger partial charge < -0.3 is 20.3 Å². The fourth-order valence-electron chi connectivity index (χ4n) is 4.53. The number of nitrogens with zero attached hydrogens (tertiary/aromatic N) is 3. The Labute approximate surface area is 224 Å². The number of urea groups is 1. The lowest BCUT2D eigenvalue weighted by atomic mass is 10.1. The molecule has 1 saturated heterocycles. The smallest absolute Gasteiger partial charge is 0.323 e. The van der Waals surface area contributed by atoms with Gasteiger partial charge in [0.05, 0.1) is 11.9 Å². The van der Waals surface area contributed by atoms with Gasteiger partial charge >= 0.3 is 6.03 Å². The third kappa shape index (κ3) is 6.69. The van der Waals surface area contributed by atoms with Gasteiger partial charge in [-0.1, -0.05) is 42.5 Å². The van der Waals surface area contributed by atoms with Crippen LogP contribution in [0.25, 0.3) is 0 Å². The Morgan fingerprint density at radius 2 is 1.63 bits per heavy atom. The Morgan fingerprint density at radius 3 is 2.39 bits per heavy atom. The maximum Gasteiger partial charge on any atom is 0.323 e. The lowest BCUT2D eigenvalue weighted by molar-refractivity contribution is 0.249. The zero-order valence-electron chi connectivity index (χ0n) is 21.9. The molecule has 1 fully saturated rings. The summed E-state index contributed by atoms with van der Waals surface area (Å²) in [4.78, 5) is 21.8. The first kappa shape index (κ1) is 25.3. The molecule has 5 rings (SSSR count). The zero-order chi connectivity index (χ0) is 26.3. The van der Waals surface area contributed by atoms with Crippen molar-refractivity contribution in [3.8, 4) is 11.5 Å². The fraction of sp³-hybridized carbons (Fsp3) is 0.226. The molecule has 0 aliphatic carbocycles. The number of benzene rings is 3. The van der Waals surface area contributed by atoms with Crippen LogP contribution in [-0.4, -0.2) is 42.1 Å². The molecule has 1 aromatic heterocycles. The van der Waals surface area contributed by atoms with Crippen molar-refractivity contribution in [3.63, 3.8) is 0 Å². The maximum absolute atomic E-state index is 12.5. The number of carbonyl (C=O) groups is 1. The highest BCUT2D eigenvalue weighted by atomic mass is 16.5. The third-order valence-electron chi connectivity index (χ3n) is 6.63. The van der Waals surface area contributed by atoms with Crippen molar-refractivity contribution in [2.24, 2.45) is 0 Å². The number of pyridine rings is 1. The summed E-state index contributed by atoms with van der Waals surface area (Å²) in [6.07, 6.45) is 1.71. The molecule has 0 spiro atoms. The average molecular weight is 508 g/mol. The standard InChI is InChI=1S/C31H33N5O2/c1-23-11-12-24(2)29(19-23)34-31(37)33-26-13-14-30(32-21-26)36-17-15-35(16-18-36)22-25-7-6-10-28(20-25)38-27-8-4-3-5-9-27/h3-14,19-21H,15-18,22H2,1-2H3,(H2,33,34,37). The summed E-state index contributed by atoms with van der Waals surface area (Å²) in [6, 6.07) is 27.7. The van der Waals surface area contributed by atoms with E-state index in [0.717, 1.165) is 66.9 Å². The monoisotopic (exact) mass is 507 g/mol. The number of piperazine rings is 1. The highest BCUT2D eigenvalue weighted by molar-refractivity contribution is 6.00. The lowest BCUT2D eigenvalue weighted by Gasteiger charge is -2.35. The Balaban J connectivity index is 1.10. The molecule has 0 saturated carbocycles. The van der Waals surface area contributed by atoms with Gasteiger partial charge in [0.2, 0.25) is 0 Å². The van der Waals surface area contributed by atoms with Crippen molar-refractivity contribution < 1.29 is 9.53 Å². The Morgan fingerprint density at radius 1 is 0.842 bits per heavy atom. The number of anilines is 3. The molecule has 1 aliphatic heterocycles. The van der Waals surface area contributed by atoms with E-state index in [1.54, 1.807) is 6.20 Å². The predicted molar refractivity (Wildman–Crippen MR) is 153 cm³/mol. The van der Waals surface area contributed by atoms with E-state index < -0.39 is 0 Å². The molecule has 7 heteroatoms. The van der Waals surface area contributed by atoms with Gasteiger partial charge in [0.1, 0.15) is 17.3 Å². The number of hydrogen-bond acceptors (Lipinski definition) is 5. The molecular weight excluding hydrogens is 474 g/mol. The molecule has 4 aromatic rings. The van der Waals surface area contributed by atoms with Crippen LogP contribution < -0.4 is 20.3 Å². The minimum atomic E-state index is -0.278. The van der Waals surface area contributed by atoms with Gasteiger partial charge in [0.15, 0.2) is 0 Å². The van der Waals surface area contributed by atoms with Crippen molar-refractivity contribution in [1.82, 2.24) is 9.88 Å². The first-order valence-electron chi connectivity index (χ1n) is 12.9. The summed E-state index contributed by atoms with van der Waals surface area (Å²) < 4.78 is 5.99. The van der Waals surface area contributed by atoms with Gasteiger partial charge in [-0.05, 0) is 73.0 Å². The second kappa shape index (κ2) is 11.8. The molecular formula is C31H33N5O2. The van der Waals surface area contributed by atoms with Crippen molar-refractivity contribution in [1.29, 1.82) is 0 Å². The quantitative estimate of drug-likeness (QED) is 0.301. The van der Waals surface area contributed by atoms with Crippen LogP contribution in [0.15, 0.2) is 91.1 Å². The van der Waals surface area contributed by atoms with E-state index in [1.165, 1.54) is 5.56 Å². The van der Waals surface area contributed by atoms with Crippen LogP contribution in [0, 0.1) is 13.8 Å². The molecule has 38 heavy (non-hydrogen) atoms. The van der Waals surface area contributed by atoms with Gasteiger partial charge in [0.25, 0.3) is 0 Å². The number of aryl methyl sites for hydroxylation is 2. The molecule has 0 bridgehead atoms.